The minimum Gasteiger partial charge on any atom is -0.489 e. The molecule has 28 heavy (non-hydrogen) atoms. The first kappa shape index (κ1) is 20.2. The van der Waals surface area contributed by atoms with Crippen LogP contribution in [0.4, 0.5) is 0 Å². The number of nitrogens with one attached hydrogen (secondary N) is 1. The number of hydrogen-bond acceptors (Lipinski definition) is 8. The Bertz CT molecular complexity index is 919. The SMILES string of the molecule is O=C(NO)C1(O)COCCC1S(=O)(=O)c1ccc(OCc2ccncc2)cc1. The highest BCUT2D eigenvalue weighted by Gasteiger charge is 2.53. The third-order valence-electron chi connectivity index (χ3n) is 4.56. The molecule has 1 aromatic carbocycles. The van der Waals surface area contributed by atoms with Crippen LogP contribution in [0.3, 0.4) is 0 Å². The number of carbonyl (C=O) groups excluding carboxylic acids is 1. The number of aromatic nitrogens is 1. The van der Waals surface area contributed by atoms with Crippen molar-refractivity contribution in [3.05, 3.63) is 54.4 Å². The van der Waals surface area contributed by atoms with E-state index in [1.54, 1.807) is 24.5 Å². The van der Waals surface area contributed by atoms with Crippen molar-refractivity contribution in [2.45, 2.75) is 28.8 Å². The summed E-state index contributed by atoms with van der Waals surface area (Å²) in [6.45, 7) is -0.167. The number of carbonyl (C=O) groups is 1. The van der Waals surface area contributed by atoms with Crippen molar-refractivity contribution in [1.29, 1.82) is 0 Å². The van der Waals surface area contributed by atoms with Gasteiger partial charge in [0.1, 0.15) is 17.6 Å². The Morgan fingerprint density at radius 2 is 1.93 bits per heavy atom. The number of sulfone groups is 1. The summed E-state index contributed by atoms with van der Waals surface area (Å²) in [6, 6.07) is 9.30. The van der Waals surface area contributed by atoms with Crippen LogP contribution in [-0.2, 0) is 26.0 Å². The van der Waals surface area contributed by atoms with Crippen LogP contribution in [0.1, 0.15) is 12.0 Å². The average molecular weight is 408 g/mol. The largest absolute Gasteiger partial charge is 0.489 e. The van der Waals surface area contributed by atoms with Gasteiger partial charge in [-0.05, 0) is 48.4 Å². The van der Waals surface area contributed by atoms with Crippen molar-refractivity contribution >= 4 is 15.7 Å². The number of hydrogen-bond donors (Lipinski definition) is 3. The van der Waals surface area contributed by atoms with Gasteiger partial charge in [-0.2, -0.15) is 0 Å². The summed E-state index contributed by atoms with van der Waals surface area (Å²) in [5.74, 6) is -0.760. The summed E-state index contributed by atoms with van der Waals surface area (Å²) in [5.41, 5.74) is -0.163. The van der Waals surface area contributed by atoms with Crippen molar-refractivity contribution < 1.29 is 33.0 Å². The molecule has 2 unspecified atom stereocenters. The van der Waals surface area contributed by atoms with Crippen LogP contribution in [0.5, 0.6) is 5.75 Å². The van der Waals surface area contributed by atoms with E-state index >= 15 is 0 Å². The zero-order valence-corrected chi connectivity index (χ0v) is 15.6. The number of pyridine rings is 1. The Morgan fingerprint density at radius 1 is 1.25 bits per heavy atom. The van der Waals surface area contributed by atoms with Crippen molar-refractivity contribution in [2.75, 3.05) is 13.2 Å². The van der Waals surface area contributed by atoms with Gasteiger partial charge in [0.2, 0.25) is 0 Å². The van der Waals surface area contributed by atoms with Gasteiger partial charge in [0, 0.05) is 19.0 Å². The maximum atomic E-state index is 13.0. The van der Waals surface area contributed by atoms with E-state index in [-0.39, 0.29) is 17.9 Å². The first-order valence-corrected chi connectivity index (χ1v) is 10.0. The average Bonchev–Trinajstić information content (AvgIpc) is 2.73. The predicted octanol–water partition coefficient (Wildman–Crippen LogP) is 0.460. The number of benzene rings is 1. The highest BCUT2D eigenvalue weighted by molar-refractivity contribution is 7.92. The van der Waals surface area contributed by atoms with E-state index in [2.05, 4.69) is 4.98 Å². The molecule has 150 valence electrons. The fourth-order valence-corrected chi connectivity index (χ4v) is 4.94. The van der Waals surface area contributed by atoms with E-state index in [4.69, 9.17) is 14.7 Å². The monoisotopic (exact) mass is 408 g/mol. The van der Waals surface area contributed by atoms with Crippen LogP contribution in [0.25, 0.3) is 0 Å². The third kappa shape index (κ3) is 3.99. The lowest BCUT2D eigenvalue weighted by Gasteiger charge is -2.36. The number of amides is 1. The molecule has 2 heterocycles. The molecule has 1 fully saturated rings. The number of nitrogens with zero attached hydrogens (tertiary/aromatic N) is 1. The van der Waals surface area contributed by atoms with Crippen LogP contribution in [-0.4, -0.2) is 53.7 Å². The summed E-state index contributed by atoms with van der Waals surface area (Å²) >= 11 is 0. The van der Waals surface area contributed by atoms with E-state index in [9.17, 15) is 18.3 Å². The second kappa shape index (κ2) is 8.23. The van der Waals surface area contributed by atoms with Gasteiger partial charge in [-0.3, -0.25) is 15.0 Å². The van der Waals surface area contributed by atoms with Crippen LogP contribution < -0.4 is 10.2 Å². The quantitative estimate of drug-likeness (QED) is 0.463. The van der Waals surface area contributed by atoms with Gasteiger partial charge in [-0.1, -0.05) is 0 Å². The molecule has 1 amide bonds. The molecule has 0 radical (unpaired) electrons. The maximum Gasteiger partial charge on any atom is 0.279 e. The highest BCUT2D eigenvalue weighted by atomic mass is 32.2. The molecule has 1 saturated heterocycles. The van der Waals surface area contributed by atoms with Crippen molar-refractivity contribution in [2.24, 2.45) is 0 Å². The second-order valence-electron chi connectivity index (χ2n) is 6.36. The van der Waals surface area contributed by atoms with E-state index in [1.807, 2.05) is 0 Å². The molecule has 3 rings (SSSR count). The second-order valence-corrected chi connectivity index (χ2v) is 8.49. The molecule has 0 saturated carbocycles. The summed E-state index contributed by atoms with van der Waals surface area (Å²) in [5, 5.41) is 18.0. The number of rotatable bonds is 6. The Morgan fingerprint density at radius 3 is 2.57 bits per heavy atom. The Kier molecular flexibility index (Phi) is 5.94. The molecule has 0 spiro atoms. The zero-order chi connectivity index (χ0) is 20.2. The normalized spacial score (nSPS) is 22.4. The number of ether oxygens (including phenoxy) is 2. The molecule has 1 aliphatic heterocycles. The van der Waals surface area contributed by atoms with Gasteiger partial charge in [0.05, 0.1) is 11.5 Å². The maximum absolute atomic E-state index is 13.0. The van der Waals surface area contributed by atoms with Crippen LogP contribution in [0, 0.1) is 0 Å². The number of aliphatic hydroxyl groups is 1. The van der Waals surface area contributed by atoms with Gasteiger partial charge < -0.3 is 14.6 Å². The third-order valence-corrected chi connectivity index (χ3v) is 6.86. The summed E-state index contributed by atoms with van der Waals surface area (Å²) in [6.07, 6.45) is 3.20. The van der Waals surface area contributed by atoms with Gasteiger partial charge in [0.25, 0.3) is 5.91 Å². The minimum atomic E-state index is -4.07. The summed E-state index contributed by atoms with van der Waals surface area (Å²) < 4.78 is 36.6. The van der Waals surface area contributed by atoms with Crippen LogP contribution >= 0.6 is 0 Å². The van der Waals surface area contributed by atoms with Gasteiger partial charge >= 0.3 is 0 Å². The van der Waals surface area contributed by atoms with Crippen LogP contribution in [0.15, 0.2) is 53.7 Å². The molecular formula is C18H20N2O7S. The van der Waals surface area contributed by atoms with Gasteiger partial charge in [-0.15, -0.1) is 0 Å². The first-order chi connectivity index (χ1) is 13.4. The van der Waals surface area contributed by atoms with Crippen molar-refractivity contribution in [1.82, 2.24) is 10.5 Å². The summed E-state index contributed by atoms with van der Waals surface area (Å²) in [4.78, 5) is 15.7. The molecule has 0 aliphatic carbocycles. The lowest BCUT2D eigenvalue weighted by Crippen LogP contribution is -2.62. The topological polar surface area (TPSA) is 135 Å². The molecule has 10 heteroatoms. The van der Waals surface area contributed by atoms with Gasteiger partial charge in [-0.25, -0.2) is 13.9 Å². The standard InChI is InChI=1S/C18H20N2O7S/c21-17(20-23)18(22)12-26-10-7-16(18)28(24,25)15-3-1-14(2-4-15)27-11-13-5-8-19-9-6-13/h1-6,8-9,16,22-23H,7,10-12H2,(H,20,21). The molecule has 2 atom stereocenters. The number of hydroxylamine groups is 1. The van der Waals surface area contributed by atoms with Gasteiger partial charge in [0.15, 0.2) is 15.4 Å². The van der Waals surface area contributed by atoms with E-state index in [1.165, 1.54) is 29.7 Å². The highest BCUT2D eigenvalue weighted by Crippen LogP contribution is 2.31. The Hall–Kier alpha value is -2.53. The van der Waals surface area contributed by atoms with E-state index in [0.717, 1.165) is 5.56 Å². The fourth-order valence-electron chi connectivity index (χ4n) is 3.01. The Balaban J connectivity index is 1.78. The molecule has 3 N–H and O–H groups in total. The lowest BCUT2D eigenvalue weighted by atomic mass is 9.95. The zero-order valence-electron chi connectivity index (χ0n) is 14.8. The Labute approximate surface area is 161 Å². The summed E-state index contributed by atoms with van der Waals surface area (Å²) in [7, 11) is -4.07. The molecule has 2 aromatic rings. The molecular weight excluding hydrogens is 388 g/mol. The molecule has 0 bridgehead atoms. The van der Waals surface area contributed by atoms with Crippen molar-refractivity contribution in [3.63, 3.8) is 0 Å². The molecule has 1 aliphatic rings. The predicted molar refractivity (Wildman–Crippen MR) is 96.3 cm³/mol. The minimum absolute atomic E-state index is 0.0675. The van der Waals surface area contributed by atoms with Crippen molar-refractivity contribution in [3.8, 4) is 5.75 Å². The van der Waals surface area contributed by atoms with E-state index in [0.29, 0.717) is 12.4 Å². The fraction of sp³-hybridized carbons (Fsp3) is 0.333. The molecule has 1 aromatic heterocycles. The molecule has 9 nitrogen and oxygen atoms in total. The lowest BCUT2D eigenvalue weighted by molar-refractivity contribution is -0.161. The first-order valence-electron chi connectivity index (χ1n) is 8.48. The smallest absolute Gasteiger partial charge is 0.279 e. The van der Waals surface area contributed by atoms with E-state index < -0.39 is 33.2 Å². The van der Waals surface area contributed by atoms with Crippen LogP contribution in [0.2, 0.25) is 0 Å².